The minimum absolute atomic E-state index is 0.395. The number of hydrogen-bond acceptors (Lipinski definition) is 2. The predicted octanol–water partition coefficient (Wildman–Crippen LogP) is 3.77. The lowest BCUT2D eigenvalue weighted by Crippen LogP contribution is -1.78. The molecule has 1 nitrogen and oxygen atoms in total. The first-order chi connectivity index (χ1) is 6.22. The average molecular weight is 304 g/mol. The van der Waals surface area contributed by atoms with E-state index in [1.165, 1.54) is 13.1 Å². The van der Waals surface area contributed by atoms with E-state index in [1.807, 2.05) is 12.1 Å². The van der Waals surface area contributed by atoms with E-state index >= 15 is 0 Å². The van der Waals surface area contributed by atoms with E-state index in [4.69, 9.17) is 0 Å². The van der Waals surface area contributed by atoms with Gasteiger partial charge in [0.25, 0.3) is 0 Å². The van der Waals surface area contributed by atoms with Crippen LogP contribution < -0.4 is 0 Å². The van der Waals surface area contributed by atoms with Crippen molar-refractivity contribution in [1.29, 1.82) is 0 Å². The van der Waals surface area contributed by atoms with E-state index in [9.17, 15) is 5.11 Å². The van der Waals surface area contributed by atoms with Crippen LogP contribution in [0.15, 0.2) is 18.2 Å². The van der Waals surface area contributed by atoms with Crippen LogP contribution in [0.3, 0.4) is 0 Å². The van der Waals surface area contributed by atoms with Gasteiger partial charge in [0.15, 0.2) is 0 Å². The third kappa shape index (κ3) is 1.55. The quantitative estimate of drug-likeness (QED) is 0.795. The number of phenols is 1. The van der Waals surface area contributed by atoms with Gasteiger partial charge in [-0.3, -0.25) is 0 Å². The van der Waals surface area contributed by atoms with Crippen molar-refractivity contribution in [2.45, 2.75) is 13.3 Å². The monoisotopic (exact) mass is 304 g/mol. The maximum atomic E-state index is 9.61. The lowest BCUT2D eigenvalue weighted by atomic mass is 10.1. The summed E-state index contributed by atoms with van der Waals surface area (Å²) in [6.45, 7) is 2.14. The molecule has 0 atom stereocenters. The van der Waals surface area contributed by atoms with Gasteiger partial charge < -0.3 is 5.11 Å². The highest BCUT2D eigenvalue weighted by molar-refractivity contribution is 14.1. The Labute approximate surface area is 94.5 Å². The zero-order chi connectivity index (χ0) is 9.42. The molecule has 0 radical (unpaired) electrons. The van der Waals surface area contributed by atoms with E-state index in [1.54, 1.807) is 17.4 Å². The molecule has 3 heteroatoms. The molecule has 0 aliphatic heterocycles. The first-order valence-electron chi connectivity index (χ1n) is 4.12. The van der Waals surface area contributed by atoms with Gasteiger partial charge in [-0.2, -0.15) is 0 Å². The summed E-state index contributed by atoms with van der Waals surface area (Å²) in [6.07, 6.45) is 1.02. The number of fused-ring (bicyclic) bond motifs is 1. The maximum Gasteiger partial charge on any atom is 0.124 e. The summed E-state index contributed by atoms with van der Waals surface area (Å²) in [5.41, 5.74) is 1.32. The Bertz CT molecular complexity index is 447. The Kier molecular flexibility index (Phi) is 2.47. The van der Waals surface area contributed by atoms with Crippen molar-refractivity contribution in [3.63, 3.8) is 0 Å². The van der Waals surface area contributed by atoms with Crippen molar-refractivity contribution in [2.75, 3.05) is 0 Å². The fourth-order valence-electron chi connectivity index (χ4n) is 1.41. The molecule has 1 heterocycles. The van der Waals surface area contributed by atoms with Gasteiger partial charge in [0, 0.05) is 10.1 Å². The van der Waals surface area contributed by atoms with Gasteiger partial charge in [0.1, 0.15) is 5.75 Å². The molecule has 1 aromatic carbocycles. The highest BCUT2D eigenvalue weighted by Gasteiger charge is 2.07. The standard InChI is InChI=1S/C10H9IOS/c1-2-6-3-4-8(12)7-5-9(11)13-10(6)7/h3-5,12H,2H2,1H3. The Balaban J connectivity index is 2.83. The average Bonchev–Trinajstić information content (AvgIpc) is 2.48. The van der Waals surface area contributed by atoms with Crippen LogP contribution in [0.2, 0.25) is 0 Å². The molecule has 0 fully saturated rings. The lowest BCUT2D eigenvalue weighted by molar-refractivity contribution is 0.481. The summed E-state index contributed by atoms with van der Waals surface area (Å²) in [6, 6.07) is 5.82. The Morgan fingerprint density at radius 2 is 2.23 bits per heavy atom. The number of benzene rings is 1. The van der Waals surface area contributed by atoms with Crippen LogP contribution in [-0.2, 0) is 6.42 Å². The Hall–Kier alpha value is -0.290. The smallest absolute Gasteiger partial charge is 0.124 e. The van der Waals surface area contributed by atoms with Crippen LogP contribution in [0.1, 0.15) is 12.5 Å². The van der Waals surface area contributed by atoms with E-state index in [2.05, 4.69) is 29.5 Å². The molecule has 0 bridgehead atoms. The van der Waals surface area contributed by atoms with Gasteiger partial charge in [-0.05, 0) is 46.7 Å². The number of rotatable bonds is 1. The summed E-state index contributed by atoms with van der Waals surface area (Å²) in [4.78, 5) is 0. The molecular formula is C10H9IOS. The van der Waals surface area contributed by atoms with E-state index in [0.29, 0.717) is 5.75 Å². The zero-order valence-corrected chi connectivity index (χ0v) is 10.1. The second-order valence-electron chi connectivity index (χ2n) is 2.89. The Morgan fingerprint density at radius 1 is 1.46 bits per heavy atom. The topological polar surface area (TPSA) is 20.2 Å². The maximum absolute atomic E-state index is 9.61. The van der Waals surface area contributed by atoms with E-state index in [-0.39, 0.29) is 0 Å². The molecule has 0 unspecified atom stereocenters. The van der Waals surface area contributed by atoms with E-state index < -0.39 is 0 Å². The van der Waals surface area contributed by atoms with Crippen LogP contribution in [-0.4, -0.2) is 5.11 Å². The lowest BCUT2D eigenvalue weighted by Gasteiger charge is -1.99. The zero-order valence-electron chi connectivity index (χ0n) is 7.17. The van der Waals surface area contributed by atoms with Gasteiger partial charge in [-0.1, -0.05) is 13.0 Å². The van der Waals surface area contributed by atoms with Gasteiger partial charge in [-0.15, -0.1) is 11.3 Å². The highest BCUT2D eigenvalue weighted by Crippen LogP contribution is 2.35. The number of aromatic hydroxyl groups is 1. The minimum atomic E-state index is 0.395. The fraction of sp³-hybridized carbons (Fsp3) is 0.200. The van der Waals surface area contributed by atoms with Crippen molar-refractivity contribution >= 4 is 44.0 Å². The summed E-state index contributed by atoms with van der Waals surface area (Å²) in [7, 11) is 0. The van der Waals surface area contributed by atoms with Gasteiger partial charge in [0.05, 0.1) is 2.88 Å². The SMILES string of the molecule is CCc1ccc(O)c2cc(I)sc12. The molecular weight excluding hydrogens is 295 g/mol. The predicted molar refractivity (Wildman–Crippen MR) is 65.6 cm³/mol. The number of hydrogen-bond donors (Lipinski definition) is 1. The molecule has 0 saturated heterocycles. The van der Waals surface area contributed by atoms with Crippen molar-refractivity contribution in [3.8, 4) is 5.75 Å². The molecule has 0 aliphatic carbocycles. The third-order valence-corrected chi connectivity index (χ3v) is 4.06. The van der Waals surface area contributed by atoms with Crippen LogP contribution in [0.25, 0.3) is 10.1 Å². The fourth-order valence-corrected chi connectivity index (χ4v) is 3.37. The van der Waals surface area contributed by atoms with Crippen molar-refractivity contribution in [2.24, 2.45) is 0 Å². The minimum Gasteiger partial charge on any atom is -0.507 e. The van der Waals surface area contributed by atoms with Gasteiger partial charge >= 0.3 is 0 Å². The normalized spacial score (nSPS) is 10.9. The molecule has 0 saturated carbocycles. The van der Waals surface area contributed by atoms with Gasteiger partial charge in [-0.25, -0.2) is 0 Å². The first kappa shape index (κ1) is 9.27. The van der Waals surface area contributed by atoms with Crippen molar-refractivity contribution in [1.82, 2.24) is 0 Å². The molecule has 68 valence electrons. The van der Waals surface area contributed by atoms with E-state index in [0.717, 1.165) is 11.8 Å². The van der Waals surface area contributed by atoms with Crippen LogP contribution in [0.4, 0.5) is 0 Å². The number of halogens is 1. The molecule has 2 aromatic rings. The van der Waals surface area contributed by atoms with Crippen LogP contribution in [0.5, 0.6) is 5.75 Å². The number of phenolic OH excluding ortho intramolecular Hbond substituents is 1. The van der Waals surface area contributed by atoms with Crippen LogP contribution in [0, 0.1) is 2.88 Å². The molecule has 0 amide bonds. The highest BCUT2D eigenvalue weighted by atomic mass is 127. The summed E-state index contributed by atoms with van der Waals surface area (Å²) in [5, 5.41) is 10.6. The summed E-state index contributed by atoms with van der Waals surface area (Å²) >= 11 is 4.03. The second kappa shape index (κ2) is 3.46. The summed E-state index contributed by atoms with van der Waals surface area (Å²) < 4.78 is 2.45. The molecule has 2 rings (SSSR count). The second-order valence-corrected chi connectivity index (χ2v) is 5.84. The molecule has 1 N–H and O–H groups in total. The number of thiophene rings is 1. The van der Waals surface area contributed by atoms with Crippen LogP contribution >= 0.6 is 33.9 Å². The molecule has 0 aliphatic rings. The molecule has 0 spiro atoms. The number of aryl methyl sites for hydroxylation is 1. The van der Waals surface area contributed by atoms with Crippen molar-refractivity contribution < 1.29 is 5.11 Å². The molecule has 13 heavy (non-hydrogen) atoms. The largest absolute Gasteiger partial charge is 0.507 e. The van der Waals surface area contributed by atoms with Gasteiger partial charge in [0.2, 0.25) is 0 Å². The first-order valence-corrected chi connectivity index (χ1v) is 6.01. The third-order valence-electron chi connectivity index (χ3n) is 2.09. The van der Waals surface area contributed by atoms with Crippen molar-refractivity contribution in [3.05, 3.63) is 26.6 Å². The molecule has 1 aromatic heterocycles. The summed E-state index contributed by atoms with van der Waals surface area (Å²) in [5.74, 6) is 0.395. The Morgan fingerprint density at radius 3 is 2.92 bits per heavy atom.